The van der Waals surface area contributed by atoms with E-state index >= 15 is 0 Å². The Morgan fingerprint density at radius 3 is 1.65 bits per heavy atom. The summed E-state index contributed by atoms with van der Waals surface area (Å²) in [5.41, 5.74) is 3.22. The molecule has 3 aromatic rings. The van der Waals surface area contributed by atoms with Crippen LogP contribution in [0.15, 0.2) is 91.0 Å². The third-order valence-corrected chi connectivity index (χ3v) is 5.89. The van der Waals surface area contributed by atoms with E-state index in [1.807, 2.05) is 78.7 Å². The summed E-state index contributed by atoms with van der Waals surface area (Å²) < 4.78 is 0. The minimum atomic E-state index is -0.320. The second kappa shape index (κ2) is 11.5. The Kier molecular flexibility index (Phi) is 8.43. The highest BCUT2D eigenvalue weighted by atomic mass is 16.2. The number of amides is 1. The fraction of sp³-hybridized carbons (Fsp3) is 0.321. The van der Waals surface area contributed by atoms with Crippen LogP contribution in [0.5, 0.6) is 0 Å². The molecule has 3 nitrogen and oxygen atoms in total. The number of carbonyl (C=O) groups is 1. The number of likely N-dealkylation sites (N-methyl/N-ethyl adjacent to an activating group) is 2. The summed E-state index contributed by atoms with van der Waals surface area (Å²) in [5, 5.41) is 0. The molecule has 0 aliphatic rings. The first-order valence-corrected chi connectivity index (χ1v) is 11.2. The average Bonchev–Trinajstić information content (AvgIpc) is 2.83. The summed E-state index contributed by atoms with van der Waals surface area (Å²) in [7, 11) is 4.10. The lowest BCUT2D eigenvalue weighted by atomic mass is 9.89. The predicted octanol–water partition coefficient (Wildman–Crippen LogP) is 5.75. The predicted molar refractivity (Wildman–Crippen MR) is 129 cm³/mol. The van der Waals surface area contributed by atoms with Gasteiger partial charge in [-0.05, 0) is 36.7 Å². The van der Waals surface area contributed by atoms with Crippen LogP contribution in [0.4, 0.5) is 0 Å². The van der Waals surface area contributed by atoms with Crippen molar-refractivity contribution in [2.24, 2.45) is 0 Å². The van der Waals surface area contributed by atoms with Crippen molar-refractivity contribution in [3.63, 3.8) is 0 Å². The highest BCUT2D eigenvalue weighted by Gasteiger charge is 2.30. The van der Waals surface area contributed by atoms with Crippen molar-refractivity contribution in [1.82, 2.24) is 9.80 Å². The van der Waals surface area contributed by atoms with E-state index in [0.29, 0.717) is 0 Å². The fourth-order valence-corrected chi connectivity index (χ4v) is 4.07. The third-order valence-electron chi connectivity index (χ3n) is 5.89. The van der Waals surface area contributed by atoms with Gasteiger partial charge in [-0.15, -0.1) is 0 Å². The Morgan fingerprint density at radius 1 is 0.742 bits per heavy atom. The molecular formula is C28H34N2O. The molecule has 0 N–H and O–H groups in total. The molecule has 0 aromatic heterocycles. The van der Waals surface area contributed by atoms with E-state index in [0.717, 1.165) is 30.6 Å². The van der Waals surface area contributed by atoms with Gasteiger partial charge in [0.1, 0.15) is 0 Å². The monoisotopic (exact) mass is 414 g/mol. The standard InChI is InChI=1S/C28H34N2O/c1-4-5-21-29(2)22-26(23-15-9-6-10-16-23)30(3)28(31)27(24-17-11-7-12-18-24)25-19-13-8-14-20-25/h6-20,26-27H,4-5,21-22H2,1-3H3. The molecule has 162 valence electrons. The SMILES string of the molecule is CCCCN(C)CC(c1ccccc1)N(C)C(=O)C(c1ccccc1)c1ccccc1. The Morgan fingerprint density at radius 2 is 1.19 bits per heavy atom. The highest BCUT2D eigenvalue weighted by Crippen LogP contribution is 2.30. The molecular weight excluding hydrogens is 380 g/mol. The van der Waals surface area contributed by atoms with Gasteiger partial charge in [-0.1, -0.05) is 104 Å². The number of hydrogen-bond donors (Lipinski definition) is 0. The summed E-state index contributed by atoms with van der Waals surface area (Å²) in [6.07, 6.45) is 2.32. The Bertz CT molecular complexity index is 872. The van der Waals surface area contributed by atoms with Crippen molar-refractivity contribution in [3.8, 4) is 0 Å². The first-order chi connectivity index (χ1) is 15.1. The van der Waals surface area contributed by atoms with Crippen molar-refractivity contribution in [2.45, 2.75) is 31.7 Å². The van der Waals surface area contributed by atoms with Gasteiger partial charge in [-0.2, -0.15) is 0 Å². The molecule has 3 aromatic carbocycles. The summed E-state index contributed by atoms with van der Waals surface area (Å²) in [6, 6.07) is 30.6. The zero-order chi connectivity index (χ0) is 22.1. The first-order valence-electron chi connectivity index (χ1n) is 11.2. The van der Waals surface area contributed by atoms with Crippen molar-refractivity contribution < 1.29 is 4.79 Å². The van der Waals surface area contributed by atoms with Gasteiger partial charge < -0.3 is 9.80 Å². The zero-order valence-corrected chi connectivity index (χ0v) is 18.9. The lowest BCUT2D eigenvalue weighted by molar-refractivity contribution is -0.133. The van der Waals surface area contributed by atoms with Gasteiger partial charge in [-0.3, -0.25) is 4.79 Å². The topological polar surface area (TPSA) is 23.6 Å². The van der Waals surface area contributed by atoms with Crippen LogP contribution in [0.1, 0.15) is 48.4 Å². The molecule has 0 saturated heterocycles. The molecule has 3 rings (SSSR count). The summed E-state index contributed by atoms with van der Waals surface area (Å²) >= 11 is 0. The van der Waals surface area contributed by atoms with Crippen LogP contribution < -0.4 is 0 Å². The van der Waals surface area contributed by atoms with Crippen LogP contribution in [0, 0.1) is 0 Å². The molecule has 0 spiro atoms. The van der Waals surface area contributed by atoms with Gasteiger partial charge in [0.2, 0.25) is 5.91 Å². The smallest absolute Gasteiger partial charge is 0.234 e. The van der Waals surface area contributed by atoms with Crippen molar-refractivity contribution in [2.75, 3.05) is 27.2 Å². The Balaban J connectivity index is 1.94. The van der Waals surface area contributed by atoms with E-state index in [1.165, 1.54) is 12.0 Å². The van der Waals surface area contributed by atoms with E-state index in [-0.39, 0.29) is 17.9 Å². The van der Waals surface area contributed by atoms with Crippen molar-refractivity contribution >= 4 is 5.91 Å². The summed E-state index contributed by atoms with van der Waals surface area (Å²) in [5.74, 6) is -0.199. The highest BCUT2D eigenvalue weighted by molar-refractivity contribution is 5.87. The number of rotatable bonds is 10. The minimum Gasteiger partial charge on any atom is -0.337 e. The maximum absolute atomic E-state index is 14.0. The first kappa shape index (κ1) is 22.8. The number of benzene rings is 3. The van der Waals surface area contributed by atoms with Crippen molar-refractivity contribution in [1.29, 1.82) is 0 Å². The van der Waals surface area contributed by atoms with Crippen LogP contribution in [-0.4, -0.2) is 42.9 Å². The molecule has 1 amide bonds. The van der Waals surface area contributed by atoms with E-state index < -0.39 is 0 Å². The zero-order valence-electron chi connectivity index (χ0n) is 18.9. The molecule has 31 heavy (non-hydrogen) atoms. The largest absolute Gasteiger partial charge is 0.337 e. The van der Waals surface area contributed by atoms with Gasteiger partial charge in [-0.25, -0.2) is 0 Å². The fourth-order valence-electron chi connectivity index (χ4n) is 4.07. The third kappa shape index (κ3) is 6.05. The lowest BCUT2D eigenvalue weighted by Gasteiger charge is -2.34. The molecule has 3 heteroatoms. The molecule has 0 radical (unpaired) electrons. The minimum absolute atomic E-state index is 0.00881. The number of unbranched alkanes of at least 4 members (excludes halogenated alkanes) is 1. The quantitative estimate of drug-likeness (QED) is 0.422. The van der Waals surface area contributed by atoms with E-state index in [2.05, 4.69) is 43.1 Å². The molecule has 1 atom stereocenters. The van der Waals surface area contributed by atoms with Crippen molar-refractivity contribution in [3.05, 3.63) is 108 Å². The van der Waals surface area contributed by atoms with Crippen LogP contribution >= 0.6 is 0 Å². The summed E-state index contributed by atoms with van der Waals surface area (Å²) in [4.78, 5) is 18.2. The number of hydrogen-bond acceptors (Lipinski definition) is 2. The molecule has 0 saturated carbocycles. The van der Waals surface area contributed by atoms with E-state index in [9.17, 15) is 4.79 Å². The van der Waals surface area contributed by atoms with Crippen LogP contribution in [0.2, 0.25) is 0 Å². The number of carbonyl (C=O) groups excluding carboxylic acids is 1. The van der Waals surface area contributed by atoms with E-state index in [4.69, 9.17) is 0 Å². The summed E-state index contributed by atoms with van der Waals surface area (Å²) in [6.45, 7) is 4.05. The molecule has 0 aliphatic carbocycles. The van der Waals surface area contributed by atoms with Gasteiger partial charge in [0, 0.05) is 13.6 Å². The number of nitrogens with zero attached hydrogens (tertiary/aromatic N) is 2. The average molecular weight is 415 g/mol. The van der Waals surface area contributed by atoms with Gasteiger partial charge in [0.05, 0.1) is 12.0 Å². The van der Waals surface area contributed by atoms with Crippen LogP contribution in [0.25, 0.3) is 0 Å². The van der Waals surface area contributed by atoms with Crippen LogP contribution in [-0.2, 0) is 4.79 Å². The lowest BCUT2D eigenvalue weighted by Crippen LogP contribution is -2.40. The van der Waals surface area contributed by atoms with Crippen LogP contribution in [0.3, 0.4) is 0 Å². The van der Waals surface area contributed by atoms with Gasteiger partial charge >= 0.3 is 0 Å². The molecule has 1 unspecified atom stereocenters. The molecule has 0 heterocycles. The Labute approximate surface area is 187 Å². The maximum Gasteiger partial charge on any atom is 0.234 e. The van der Waals surface area contributed by atoms with Gasteiger partial charge in [0.25, 0.3) is 0 Å². The molecule has 0 fully saturated rings. The normalized spacial score (nSPS) is 12.2. The second-order valence-corrected chi connectivity index (χ2v) is 8.25. The maximum atomic E-state index is 14.0. The molecule has 0 bridgehead atoms. The molecule has 0 aliphatic heterocycles. The Hall–Kier alpha value is -2.91. The second-order valence-electron chi connectivity index (χ2n) is 8.25. The van der Waals surface area contributed by atoms with E-state index in [1.54, 1.807) is 0 Å². The van der Waals surface area contributed by atoms with Gasteiger partial charge in [0.15, 0.2) is 0 Å².